The van der Waals surface area contributed by atoms with Gasteiger partial charge in [0.25, 0.3) is 0 Å². The molecule has 0 N–H and O–H groups in total. The first-order valence-electron chi connectivity index (χ1n) is 27.9. The SMILES string of the molecule is [2H]c1c([2H])c([2H])c(-c2cccc(-c3c([2H])c([2H])c([2H])c([2H])c3[2H])c2-[n+]2[c-]n(-c3cccc(Oc4ccc5c6ccccc6n(-c6cc(C(C)(C)C)ccn6)c5c4)c3)c3cc(-c4ccc5c(c4)[CH2][Ge]([CH3])([CH3])[CH2]5)ccc32)c([2H])c1[2H]. The second-order valence-corrected chi connectivity index (χ2v) is 30.0. The molecule has 0 amide bonds. The minimum absolute atomic E-state index is 0.0971. The number of imidazole rings is 1. The number of fused-ring (bicyclic) bond motifs is 5. The predicted octanol–water partition coefficient (Wildman–Crippen LogP) is 15.2. The van der Waals surface area contributed by atoms with Crippen LogP contribution in [0.25, 0.3) is 83.4 Å². The zero-order valence-electron chi connectivity index (χ0n) is 48.4. The molecule has 12 rings (SSSR count). The maximum atomic E-state index is 9.19. The Bertz CT molecular complexity index is 4200. The van der Waals surface area contributed by atoms with Crippen molar-refractivity contribution in [2.24, 2.45) is 0 Å². The first-order chi connectivity index (χ1) is 37.2. The first-order valence-corrected chi connectivity index (χ1v) is 30.0. The largest absolute Gasteiger partial charge is 0.0629 e. The van der Waals surface area contributed by atoms with E-state index in [-0.39, 0.29) is 33.4 Å². The third kappa shape index (κ3) is 7.52. The van der Waals surface area contributed by atoms with Crippen LogP contribution >= 0.6 is 0 Å². The van der Waals surface area contributed by atoms with Crippen molar-refractivity contribution in [3.05, 3.63) is 223 Å². The van der Waals surface area contributed by atoms with Crippen molar-refractivity contribution in [2.45, 2.75) is 48.2 Å². The van der Waals surface area contributed by atoms with Gasteiger partial charge in [0.2, 0.25) is 0 Å². The molecule has 330 valence electrons. The third-order valence-electron chi connectivity index (χ3n) is 13.1. The molecule has 0 spiro atoms. The molecule has 0 aliphatic carbocycles. The molecule has 11 aromatic rings. The van der Waals surface area contributed by atoms with E-state index in [1.165, 1.54) is 16.4 Å². The van der Waals surface area contributed by atoms with E-state index in [9.17, 15) is 5.48 Å². The second-order valence-electron chi connectivity index (χ2n) is 19.5. The fourth-order valence-corrected chi connectivity index (χ4v) is 15.9. The van der Waals surface area contributed by atoms with E-state index in [0.29, 0.717) is 28.2 Å². The molecule has 0 radical (unpaired) electrons. The van der Waals surface area contributed by atoms with Crippen LogP contribution < -0.4 is 9.30 Å². The number of hydrogen-bond acceptors (Lipinski definition) is 2. The molecule has 1 aliphatic rings. The van der Waals surface area contributed by atoms with Gasteiger partial charge in [0.15, 0.2) is 0 Å². The van der Waals surface area contributed by atoms with Crippen molar-refractivity contribution in [1.82, 2.24) is 14.1 Å². The number of rotatable bonds is 8. The predicted molar refractivity (Wildman–Crippen MR) is 282 cm³/mol. The van der Waals surface area contributed by atoms with Crippen molar-refractivity contribution in [1.29, 1.82) is 0 Å². The van der Waals surface area contributed by atoms with Crippen LogP contribution in [-0.4, -0.2) is 27.4 Å². The smallest absolute Gasteiger partial charge is 0.0617 e. The molecular weight excluding hydrogens is 889 g/mol. The van der Waals surface area contributed by atoms with Crippen LogP contribution in [-0.2, 0) is 15.9 Å². The van der Waals surface area contributed by atoms with Crippen LogP contribution in [0.15, 0.2) is 200 Å². The Morgan fingerprint density at radius 3 is 2.04 bits per heavy atom. The number of nitrogens with zero attached hydrogens (tertiary/aromatic N) is 4. The van der Waals surface area contributed by atoms with Crippen molar-refractivity contribution in [3.8, 4) is 62.1 Å². The normalized spacial score (nSPS) is 15.4. The molecule has 0 saturated heterocycles. The van der Waals surface area contributed by atoms with Crippen LogP contribution in [0.4, 0.5) is 0 Å². The zero-order chi connectivity index (χ0) is 54.9. The average Bonchev–Trinajstić information content (AvgIpc) is 4.27. The Kier molecular flexibility index (Phi) is 7.78. The number of aromatic nitrogens is 4. The van der Waals surface area contributed by atoms with Crippen LogP contribution in [0.3, 0.4) is 0 Å². The van der Waals surface area contributed by atoms with E-state index in [1.54, 1.807) is 22.8 Å². The van der Waals surface area contributed by atoms with Gasteiger partial charge in [-0.25, -0.2) is 4.98 Å². The Hall–Kier alpha value is -7.48. The fourth-order valence-electron chi connectivity index (χ4n) is 9.93. The molecular formula is C62H52GeN4O. The van der Waals surface area contributed by atoms with Gasteiger partial charge in [-0.2, -0.15) is 0 Å². The summed E-state index contributed by atoms with van der Waals surface area (Å²) >= 11 is -1.99. The fraction of sp³-hybridized carbons (Fsp3) is 0.129. The molecule has 0 bridgehead atoms. The van der Waals surface area contributed by atoms with E-state index in [4.69, 9.17) is 17.9 Å². The van der Waals surface area contributed by atoms with Crippen LogP contribution in [0.5, 0.6) is 11.5 Å². The van der Waals surface area contributed by atoms with Gasteiger partial charge in [-0.05, 0) is 41.3 Å². The van der Waals surface area contributed by atoms with Gasteiger partial charge in [-0.15, -0.1) is 0 Å². The number of para-hydroxylation sites is 2. The summed E-state index contributed by atoms with van der Waals surface area (Å²) in [6, 6.07) is 38.6. The van der Waals surface area contributed by atoms with Gasteiger partial charge < -0.3 is 0 Å². The van der Waals surface area contributed by atoms with Crippen molar-refractivity contribution < 1.29 is 23.0 Å². The van der Waals surface area contributed by atoms with Crippen LogP contribution in [0.2, 0.25) is 11.5 Å². The van der Waals surface area contributed by atoms with Gasteiger partial charge in [-0.3, -0.25) is 4.57 Å². The molecule has 6 heteroatoms. The van der Waals surface area contributed by atoms with Gasteiger partial charge in [0, 0.05) is 23.0 Å². The minimum atomic E-state index is -1.99. The summed E-state index contributed by atoms with van der Waals surface area (Å²) in [4.78, 5) is 4.86. The van der Waals surface area contributed by atoms with Gasteiger partial charge in [-0.1, -0.05) is 105 Å². The molecule has 4 heterocycles. The number of hydrogen-bond donors (Lipinski definition) is 0. The molecule has 0 fully saturated rings. The topological polar surface area (TPSA) is 35.9 Å². The van der Waals surface area contributed by atoms with Crippen molar-refractivity contribution in [3.63, 3.8) is 0 Å². The van der Waals surface area contributed by atoms with E-state index >= 15 is 0 Å². The summed E-state index contributed by atoms with van der Waals surface area (Å²) in [7, 11) is 0. The summed E-state index contributed by atoms with van der Waals surface area (Å²) < 4.78 is 101. The van der Waals surface area contributed by atoms with Gasteiger partial charge >= 0.3 is 201 Å². The zero-order valence-corrected chi connectivity index (χ0v) is 40.5. The van der Waals surface area contributed by atoms with Crippen molar-refractivity contribution >= 4 is 46.1 Å². The standard InChI is InChI=1S/C62H52GeN4O/c1-62(2,3)48-32-33-64-60(36-48)67-56-25-13-12-22-54(56)55-30-29-51(38-58(55)67)68-50-21-14-20-49(37-50)65-41-66(57-31-28-45(35-59(57)65)44-26-27-46-39-63(4,5)40-47(46)34-44)61-52(42-16-8-6-9-17-42)23-15-24-53(61)43-18-10-7-11-19-43/h6-38H,39-40H2,1-5H3/i6D,7D,8D,9D,10D,11D,16D,17D,18D,19D. The Morgan fingerprint density at radius 2 is 1.28 bits per heavy atom. The van der Waals surface area contributed by atoms with Gasteiger partial charge in [0.1, 0.15) is 11.6 Å². The molecule has 68 heavy (non-hydrogen) atoms. The van der Waals surface area contributed by atoms with Crippen molar-refractivity contribution in [2.75, 3.05) is 0 Å². The third-order valence-corrected chi connectivity index (χ3v) is 18.7. The molecule has 0 unspecified atom stereocenters. The summed E-state index contributed by atoms with van der Waals surface area (Å²) in [5, 5.41) is 4.44. The summed E-state index contributed by atoms with van der Waals surface area (Å²) in [6.45, 7) is 6.56. The number of pyridine rings is 1. The summed E-state index contributed by atoms with van der Waals surface area (Å²) in [6.07, 6.45) is 5.43. The Morgan fingerprint density at radius 1 is 0.603 bits per heavy atom. The molecule has 0 atom stereocenters. The molecule has 3 aromatic heterocycles. The van der Waals surface area contributed by atoms with Crippen LogP contribution in [0, 0.1) is 6.33 Å². The molecule has 5 nitrogen and oxygen atoms in total. The van der Waals surface area contributed by atoms with Crippen LogP contribution in [0.1, 0.15) is 51.2 Å². The second kappa shape index (κ2) is 16.4. The van der Waals surface area contributed by atoms with E-state index in [0.717, 1.165) is 49.6 Å². The first kappa shape index (κ1) is 32.3. The molecule has 8 aromatic carbocycles. The number of benzene rings is 8. The average molecular weight is 952 g/mol. The maximum Gasteiger partial charge on any atom is 0.0629 e. The Balaban J connectivity index is 1.08. The maximum absolute atomic E-state index is 9.19. The molecule has 0 saturated carbocycles. The minimum Gasteiger partial charge on any atom is -0.0617 e. The summed E-state index contributed by atoms with van der Waals surface area (Å²) in [5.41, 5.74) is 9.91. The van der Waals surface area contributed by atoms with E-state index < -0.39 is 73.7 Å². The Labute approximate surface area is 415 Å². The van der Waals surface area contributed by atoms with E-state index in [1.807, 2.05) is 71.4 Å². The molecule has 1 aliphatic heterocycles. The monoisotopic (exact) mass is 952 g/mol. The number of ether oxygens (including phenoxy) is 1. The van der Waals surface area contributed by atoms with Gasteiger partial charge in [0.05, 0.1) is 24.7 Å². The quantitative estimate of drug-likeness (QED) is 0.0864. The summed E-state index contributed by atoms with van der Waals surface area (Å²) in [5.74, 6) is 6.84. The van der Waals surface area contributed by atoms with E-state index in [2.05, 4.69) is 97.8 Å².